The van der Waals surface area contributed by atoms with Gasteiger partial charge in [0, 0.05) is 23.2 Å². The molecule has 9 nitrogen and oxygen atoms in total. The molecule has 2 aromatic carbocycles. The largest absolute Gasteiger partial charge is 0.497 e. The molecule has 9 heteroatoms. The standard InChI is InChI=1S/C22H18N6O3/c1-29-15-5-3-14(4-6-15)19-12-24-22-26-25-21(28(22)27-19)13-31-20-9-10-23-18-11-16(30-2)7-8-17(18)20/h3-12H,13H2,1-2H3. The van der Waals surface area contributed by atoms with Crippen LogP contribution in [0.2, 0.25) is 0 Å². The summed E-state index contributed by atoms with van der Waals surface area (Å²) in [5.41, 5.74) is 2.38. The van der Waals surface area contributed by atoms with Crippen LogP contribution in [0.1, 0.15) is 5.82 Å². The first-order chi connectivity index (χ1) is 15.2. The van der Waals surface area contributed by atoms with Crippen molar-refractivity contribution >= 4 is 16.7 Å². The smallest absolute Gasteiger partial charge is 0.272 e. The molecule has 5 aromatic rings. The van der Waals surface area contributed by atoms with Gasteiger partial charge in [-0.15, -0.1) is 10.2 Å². The molecule has 31 heavy (non-hydrogen) atoms. The van der Waals surface area contributed by atoms with Crippen molar-refractivity contribution in [3.05, 3.63) is 66.7 Å². The Morgan fingerprint density at radius 3 is 2.48 bits per heavy atom. The third-order valence-electron chi connectivity index (χ3n) is 4.85. The van der Waals surface area contributed by atoms with Crippen LogP contribution in [-0.4, -0.2) is 44.0 Å². The van der Waals surface area contributed by atoms with Gasteiger partial charge in [-0.1, -0.05) is 0 Å². The highest BCUT2D eigenvalue weighted by atomic mass is 16.5. The van der Waals surface area contributed by atoms with E-state index in [1.807, 2.05) is 48.5 Å². The van der Waals surface area contributed by atoms with Gasteiger partial charge in [0.25, 0.3) is 5.78 Å². The number of fused-ring (bicyclic) bond motifs is 2. The molecule has 0 fully saturated rings. The SMILES string of the molecule is COc1ccc(-c2cnc3nnc(COc4ccnc5cc(OC)ccc45)n3n2)cc1. The fourth-order valence-electron chi connectivity index (χ4n) is 3.22. The number of methoxy groups -OCH3 is 2. The van der Waals surface area contributed by atoms with Crippen molar-refractivity contribution < 1.29 is 14.2 Å². The maximum atomic E-state index is 6.03. The van der Waals surface area contributed by atoms with Crippen LogP contribution in [0.25, 0.3) is 27.9 Å². The van der Waals surface area contributed by atoms with Crippen LogP contribution in [0.15, 0.2) is 60.9 Å². The molecule has 0 amide bonds. The fraction of sp³-hybridized carbons (Fsp3) is 0.136. The molecule has 0 aliphatic rings. The van der Waals surface area contributed by atoms with Gasteiger partial charge in [0.1, 0.15) is 29.5 Å². The van der Waals surface area contributed by atoms with Gasteiger partial charge < -0.3 is 14.2 Å². The average Bonchev–Trinajstić information content (AvgIpc) is 3.24. The summed E-state index contributed by atoms with van der Waals surface area (Å²) in [5.74, 6) is 3.14. The molecule has 3 aromatic heterocycles. The third kappa shape index (κ3) is 3.57. The number of benzene rings is 2. The number of ether oxygens (including phenoxy) is 3. The number of nitrogens with zero attached hydrogens (tertiary/aromatic N) is 6. The lowest BCUT2D eigenvalue weighted by atomic mass is 10.1. The van der Waals surface area contributed by atoms with Gasteiger partial charge in [-0.05, 0) is 42.5 Å². The molecule has 0 aliphatic heterocycles. The highest BCUT2D eigenvalue weighted by Gasteiger charge is 2.12. The van der Waals surface area contributed by atoms with Gasteiger partial charge in [-0.2, -0.15) is 9.61 Å². The summed E-state index contributed by atoms with van der Waals surface area (Å²) >= 11 is 0. The quantitative estimate of drug-likeness (QED) is 0.417. The summed E-state index contributed by atoms with van der Waals surface area (Å²) in [6.45, 7) is 0.174. The molecule has 0 saturated carbocycles. The summed E-state index contributed by atoms with van der Waals surface area (Å²) < 4.78 is 18.1. The highest BCUT2D eigenvalue weighted by Crippen LogP contribution is 2.27. The van der Waals surface area contributed by atoms with Gasteiger partial charge in [-0.25, -0.2) is 4.98 Å². The summed E-state index contributed by atoms with van der Waals surface area (Å²) in [5, 5.41) is 13.8. The van der Waals surface area contributed by atoms with Crippen molar-refractivity contribution in [1.29, 1.82) is 0 Å². The summed E-state index contributed by atoms with van der Waals surface area (Å²) in [6, 6.07) is 15.1. The molecule has 0 radical (unpaired) electrons. The van der Waals surface area contributed by atoms with Crippen molar-refractivity contribution in [2.24, 2.45) is 0 Å². The number of hydrogen-bond acceptors (Lipinski definition) is 8. The van der Waals surface area contributed by atoms with E-state index in [-0.39, 0.29) is 6.61 Å². The number of hydrogen-bond donors (Lipinski definition) is 0. The number of aromatic nitrogens is 6. The van der Waals surface area contributed by atoms with Gasteiger partial charge in [0.05, 0.1) is 25.9 Å². The maximum absolute atomic E-state index is 6.03. The van der Waals surface area contributed by atoms with Crippen molar-refractivity contribution in [2.45, 2.75) is 6.61 Å². The van der Waals surface area contributed by atoms with Crippen LogP contribution in [0.4, 0.5) is 0 Å². The maximum Gasteiger partial charge on any atom is 0.272 e. The number of pyridine rings is 1. The molecule has 0 saturated heterocycles. The molecule has 0 spiro atoms. The second kappa shape index (κ2) is 7.86. The Morgan fingerprint density at radius 1 is 0.871 bits per heavy atom. The first-order valence-electron chi connectivity index (χ1n) is 9.52. The van der Waals surface area contributed by atoms with Crippen LogP contribution in [0.3, 0.4) is 0 Å². The average molecular weight is 414 g/mol. The lowest BCUT2D eigenvalue weighted by Gasteiger charge is -2.09. The molecule has 0 N–H and O–H groups in total. The van der Waals surface area contributed by atoms with E-state index in [0.29, 0.717) is 23.0 Å². The van der Waals surface area contributed by atoms with E-state index >= 15 is 0 Å². The van der Waals surface area contributed by atoms with Crippen LogP contribution < -0.4 is 14.2 Å². The molecule has 0 aliphatic carbocycles. The molecule has 3 heterocycles. The highest BCUT2D eigenvalue weighted by molar-refractivity contribution is 5.85. The second-order valence-corrected chi connectivity index (χ2v) is 6.68. The topological polar surface area (TPSA) is 96.6 Å². The molecular formula is C22H18N6O3. The van der Waals surface area contributed by atoms with Crippen molar-refractivity contribution in [1.82, 2.24) is 29.8 Å². The molecule has 0 unspecified atom stereocenters. The van der Waals surface area contributed by atoms with Gasteiger partial charge in [-0.3, -0.25) is 4.98 Å². The third-order valence-corrected chi connectivity index (χ3v) is 4.85. The Labute approximate surface area is 177 Å². The second-order valence-electron chi connectivity index (χ2n) is 6.68. The van der Waals surface area contributed by atoms with E-state index in [1.165, 1.54) is 0 Å². The minimum Gasteiger partial charge on any atom is -0.497 e. The van der Waals surface area contributed by atoms with E-state index in [0.717, 1.165) is 28.0 Å². The molecular weight excluding hydrogens is 396 g/mol. The van der Waals surface area contributed by atoms with E-state index in [9.17, 15) is 0 Å². The molecule has 0 atom stereocenters. The van der Waals surface area contributed by atoms with Crippen LogP contribution in [-0.2, 0) is 6.61 Å². The van der Waals surface area contributed by atoms with E-state index in [2.05, 4.69) is 25.3 Å². The minimum absolute atomic E-state index is 0.174. The lowest BCUT2D eigenvalue weighted by Crippen LogP contribution is -2.06. The summed E-state index contributed by atoms with van der Waals surface area (Å²) in [7, 11) is 3.26. The van der Waals surface area contributed by atoms with E-state index in [1.54, 1.807) is 31.1 Å². The Hall–Kier alpha value is -4.27. The first-order valence-corrected chi connectivity index (χ1v) is 9.52. The first kappa shape index (κ1) is 18.7. The van der Waals surface area contributed by atoms with Crippen LogP contribution >= 0.6 is 0 Å². The normalized spacial score (nSPS) is 11.0. The Kier molecular flexibility index (Phi) is 4.75. The van der Waals surface area contributed by atoms with Gasteiger partial charge >= 0.3 is 0 Å². The molecule has 5 rings (SSSR count). The number of rotatable bonds is 6. The van der Waals surface area contributed by atoms with E-state index < -0.39 is 0 Å². The Morgan fingerprint density at radius 2 is 1.68 bits per heavy atom. The van der Waals surface area contributed by atoms with E-state index in [4.69, 9.17) is 14.2 Å². The van der Waals surface area contributed by atoms with Crippen molar-refractivity contribution in [2.75, 3.05) is 14.2 Å². The van der Waals surface area contributed by atoms with Gasteiger partial charge in [0.15, 0.2) is 5.82 Å². The van der Waals surface area contributed by atoms with Crippen LogP contribution in [0, 0.1) is 0 Å². The zero-order chi connectivity index (χ0) is 21.2. The zero-order valence-corrected chi connectivity index (χ0v) is 16.9. The summed E-state index contributed by atoms with van der Waals surface area (Å²) in [4.78, 5) is 8.74. The molecule has 154 valence electrons. The Bertz CT molecular complexity index is 1370. The van der Waals surface area contributed by atoms with Gasteiger partial charge in [0.2, 0.25) is 0 Å². The lowest BCUT2D eigenvalue weighted by molar-refractivity contribution is 0.296. The fourth-order valence-corrected chi connectivity index (χ4v) is 3.22. The van der Waals surface area contributed by atoms with Crippen molar-refractivity contribution in [3.63, 3.8) is 0 Å². The monoisotopic (exact) mass is 414 g/mol. The minimum atomic E-state index is 0.174. The Balaban J connectivity index is 1.44. The predicted molar refractivity (Wildman–Crippen MR) is 113 cm³/mol. The van der Waals surface area contributed by atoms with Crippen LogP contribution in [0.5, 0.6) is 17.2 Å². The predicted octanol–water partition coefficient (Wildman–Crippen LogP) is 3.33. The van der Waals surface area contributed by atoms with Crippen molar-refractivity contribution in [3.8, 4) is 28.5 Å². The summed E-state index contributed by atoms with van der Waals surface area (Å²) in [6.07, 6.45) is 3.36. The molecule has 0 bridgehead atoms. The zero-order valence-electron chi connectivity index (χ0n) is 16.9.